The Morgan fingerprint density at radius 3 is 2.83 bits per heavy atom. The number of hydrogen-bond acceptors (Lipinski definition) is 8. The molecule has 2 aromatic rings. The van der Waals surface area contributed by atoms with E-state index in [1.165, 1.54) is 0 Å². The second kappa shape index (κ2) is 7.55. The first-order valence-electron chi connectivity index (χ1n) is 9.55. The molecule has 1 aromatic carbocycles. The van der Waals surface area contributed by atoms with E-state index < -0.39 is 12.1 Å². The van der Waals surface area contributed by atoms with E-state index in [0.29, 0.717) is 25.1 Å². The SMILES string of the molecule is CN(C)Cc1c(O)ccc2nc3c(cc12)CN(C)/C3=C\C1=C(C=O)COC(=O)C1O. The van der Waals surface area contributed by atoms with Crippen LogP contribution in [0, 0.1) is 0 Å². The third-order valence-electron chi connectivity index (χ3n) is 5.39. The van der Waals surface area contributed by atoms with Crippen LogP contribution in [-0.4, -0.2) is 71.1 Å². The van der Waals surface area contributed by atoms with E-state index in [4.69, 9.17) is 9.72 Å². The molecule has 0 saturated carbocycles. The maximum Gasteiger partial charge on any atom is 0.340 e. The van der Waals surface area contributed by atoms with Crippen molar-refractivity contribution in [2.75, 3.05) is 27.7 Å². The highest BCUT2D eigenvalue weighted by atomic mass is 16.5. The molecule has 3 heterocycles. The van der Waals surface area contributed by atoms with E-state index >= 15 is 0 Å². The molecule has 0 saturated heterocycles. The van der Waals surface area contributed by atoms with Crippen molar-refractivity contribution in [2.24, 2.45) is 0 Å². The Hall–Kier alpha value is -3.23. The van der Waals surface area contributed by atoms with E-state index in [0.717, 1.165) is 27.7 Å². The summed E-state index contributed by atoms with van der Waals surface area (Å²) in [5, 5.41) is 21.5. The fourth-order valence-corrected chi connectivity index (χ4v) is 3.89. The predicted molar refractivity (Wildman–Crippen MR) is 110 cm³/mol. The van der Waals surface area contributed by atoms with Crippen molar-refractivity contribution < 1.29 is 24.5 Å². The fourth-order valence-electron chi connectivity index (χ4n) is 3.89. The Morgan fingerprint density at radius 2 is 2.13 bits per heavy atom. The van der Waals surface area contributed by atoms with Gasteiger partial charge in [0.25, 0.3) is 0 Å². The molecule has 0 fully saturated rings. The average Bonchev–Trinajstić information content (AvgIpc) is 3.00. The number of benzene rings is 1. The molecule has 1 atom stereocenters. The van der Waals surface area contributed by atoms with Crippen LogP contribution >= 0.6 is 0 Å². The second-order valence-electron chi connectivity index (χ2n) is 7.86. The van der Waals surface area contributed by atoms with Crippen LogP contribution in [0.4, 0.5) is 0 Å². The largest absolute Gasteiger partial charge is 0.508 e. The first kappa shape index (κ1) is 20.1. The van der Waals surface area contributed by atoms with Crippen LogP contribution < -0.4 is 0 Å². The standard InChI is InChI=1S/C22H23N3O5/c1-24(2)9-16-15-6-12-8-25(3)18(20(12)23-17(15)4-5-19(16)27)7-14-13(10-26)11-30-22(29)21(14)28/h4-7,10,21,27-28H,8-9,11H2,1-3H3/b18-7-. The van der Waals surface area contributed by atoms with Gasteiger partial charge in [-0.15, -0.1) is 0 Å². The number of fused-ring (bicyclic) bond motifs is 2. The minimum atomic E-state index is -1.51. The molecule has 2 aliphatic heterocycles. The van der Waals surface area contributed by atoms with Gasteiger partial charge in [0.05, 0.1) is 16.9 Å². The molecule has 1 aromatic heterocycles. The predicted octanol–water partition coefficient (Wildman–Crippen LogP) is 1.20. The van der Waals surface area contributed by atoms with Gasteiger partial charge in [-0.05, 0) is 43.9 Å². The van der Waals surface area contributed by atoms with Crippen molar-refractivity contribution in [1.82, 2.24) is 14.8 Å². The Balaban J connectivity index is 1.87. The number of esters is 1. The Labute approximate surface area is 173 Å². The number of aromatic hydroxyl groups is 1. The van der Waals surface area contributed by atoms with Crippen molar-refractivity contribution in [3.8, 4) is 5.75 Å². The van der Waals surface area contributed by atoms with Crippen LogP contribution in [0.3, 0.4) is 0 Å². The summed E-state index contributed by atoms with van der Waals surface area (Å²) in [7, 11) is 5.75. The summed E-state index contributed by atoms with van der Waals surface area (Å²) in [5.41, 5.74) is 4.39. The molecular weight excluding hydrogens is 386 g/mol. The molecule has 8 nitrogen and oxygen atoms in total. The molecule has 0 aliphatic carbocycles. The molecular formula is C22H23N3O5. The number of phenolic OH excluding ortho intramolecular Hbond substituents is 1. The third-order valence-corrected chi connectivity index (χ3v) is 5.39. The number of aliphatic hydroxyl groups excluding tert-OH is 1. The van der Waals surface area contributed by atoms with Gasteiger partial charge < -0.3 is 24.7 Å². The van der Waals surface area contributed by atoms with Crippen LogP contribution in [0.5, 0.6) is 5.75 Å². The third kappa shape index (κ3) is 3.34. The monoisotopic (exact) mass is 409 g/mol. The van der Waals surface area contributed by atoms with Gasteiger partial charge in [0.15, 0.2) is 6.10 Å². The maximum atomic E-state index is 11.8. The molecule has 2 aliphatic rings. The number of cyclic esters (lactones) is 1. The number of aldehydes is 1. The van der Waals surface area contributed by atoms with Crippen LogP contribution in [0.1, 0.15) is 16.8 Å². The van der Waals surface area contributed by atoms with Gasteiger partial charge in [-0.1, -0.05) is 0 Å². The molecule has 4 rings (SSSR count). The Kier molecular flexibility index (Phi) is 5.05. The lowest BCUT2D eigenvalue weighted by Gasteiger charge is -2.21. The lowest BCUT2D eigenvalue weighted by Crippen LogP contribution is -2.32. The zero-order chi connectivity index (χ0) is 21.6. The molecule has 0 spiro atoms. The first-order chi connectivity index (χ1) is 14.3. The van der Waals surface area contributed by atoms with Crippen molar-refractivity contribution in [3.63, 3.8) is 0 Å². The highest BCUT2D eigenvalue weighted by Crippen LogP contribution is 2.36. The van der Waals surface area contributed by atoms with Gasteiger partial charge in [-0.25, -0.2) is 9.78 Å². The summed E-state index contributed by atoms with van der Waals surface area (Å²) in [4.78, 5) is 31.9. The van der Waals surface area contributed by atoms with Gasteiger partial charge in [0.2, 0.25) is 0 Å². The van der Waals surface area contributed by atoms with Crippen LogP contribution in [0.15, 0.2) is 35.4 Å². The molecule has 2 N–H and O–H groups in total. The van der Waals surface area contributed by atoms with Gasteiger partial charge in [0.1, 0.15) is 18.6 Å². The van der Waals surface area contributed by atoms with E-state index in [-0.39, 0.29) is 23.5 Å². The zero-order valence-corrected chi connectivity index (χ0v) is 17.0. The van der Waals surface area contributed by atoms with Gasteiger partial charge in [-0.2, -0.15) is 0 Å². The van der Waals surface area contributed by atoms with Gasteiger partial charge in [-0.3, -0.25) is 4.79 Å². The zero-order valence-electron chi connectivity index (χ0n) is 17.0. The molecule has 0 amide bonds. The number of pyridine rings is 1. The number of nitrogens with zero attached hydrogens (tertiary/aromatic N) is 3. The van der Waals surface area contributed by atoms with Crippen molar-refractivity contribution >= 4 is 28.9 Å². The van der Waals surface area contributed by atoms with Crippen LogP contribution in [0.25, 0.3) is 16.6 Å². The number of aromatic nitrogens is 1. The molecule has 1 unspecified atom stereocenters. The second-order valence-corrected chi connectivity index (χ2v) is 7.86. The summed E-state index contributed by atoms with van der Waals surface area (Å²) < 4.78 is 4.83. The van der Waals surface area contributed by atoms with Crippen molar-refractivity contribution in [1.29, 1.82) is 0 Å². The van der Waals surface area contributed by atoms with Crippen LogP contribution in [0.2, 0.25) is 0 Å². The number of hydrogen-bond donors (Lipinski definition) is 2. The number of aliphatic hydroxyl groups is 1. The summed E-state index contributed by atoms with van der Waals surface area (Å²) in [6.07, 6.45) is 0.732. The topological polar surface area (TPSA) is 103 Å². The summed E-state index contributed by atoms with van der Waals surface area (Å²) in [6, 6.07) is 5.42. The van der Waals surface area contributed by atoms with E-state index in [1.807, 2.05) is 37.0 Å². The van der Waals surface area contributed by atoms with Gasteiger partial charge in [0, 0.05) is 42.2 Å². The Morgan fingerprint density at radius 1 is 1.37 bits per heavy atom. The maximum absolute atomic E-state index is 11.8. The molecule has 0 radical (unpaired) electrons. The molecule has 156 valence electrons. The van der Waals surface area contributed by atoms with E-state index in [2.05, 4.69) is 0 Å². The first-order valence-corrected chi connectivity index (χ1v) is 9.55. The van der Waals surface area contributed by atoms with Crippen LogP contribution in [-0.2, 0) is 27.4 Å². The van der Waals surface area contributed by atoms with E-state index in [9.17, 15) is 19.8 Å². The number of rotatable bonds is 4. The normalized spacial score (nSPS) is 20.3. The highest BCUT2D eigenvalue weighted by molar-refractivity contribution is 5.91. The number of phenols is 1. The lowest BCUT2D eigenvalue weighted by molar-refractivity contribution is -0.151. The quantitative estimate of drug-likeness (QED) is 0.574. The number of ether oxygens (including phenoxy) is 1. The van der Waals surface area contributed by atoms with Gasteiger partial charge >= 0.3 is 5.97 Å². The summed E-state index contributed by atoms with van der Waals surface area (Å²) in [6.45, 7) is 0.991. The van der Waals surface area contributed by atoms with Crippen molar-refractivity contribution in [2.45, 2.75) is 19.2 Å². The van der Waals surface area contributed by atoms with E-state index in [1.54, 1.807) is 18.2 Å². The molecule has 0 bridgehead atoms. The number of carbonyl (C=O) groups is 2. The summed E-state index contributed by atoms with van der Waals surface area (Å²) in [5.74, 6) is -0.548. The fraction of sp³-hybridized carbons (Fsp3) is 0.318. The highest BCUT2D eigenvalue weighted by Gasteiger charge is 2.31. The molecule has 30 heavy (non-hydrogen) atoms. The Bertz CT molecular complexity index is 1120. The smallest absolute Gasteiger partial charge is 0.340 e. The lowest BCUT2D eigenvalue weighted by atomic mass is 9.99. The minimum absolute atomic E-state index is 0.159. The van der Waals surface area contributed by atoms with Crippen molar-refractivity contribution in [3.05, 3.63) is 52.2 Å². The average molecular weight is 409 g/mol. The minimum Gasteiger partial charge on any atom is -0.508 e. The summed E-state index contributed by atoms with van der Waals surface area (Å²) >= 11 is 0. The number of carbonyl (C=O) groups excluding carboxylic acids is 2. The molecule has 8 heteroatoms.